The van der Waals surface area contributed by atoms with Gasteiger partial charge in [0, 0.05) is 18.6 Å². The van der Waals surface area contributed by atoms with Gasteiger partial charge in [0.05, 0.1) is 19.1 Å². The number of methoxy groups -OCH3 is 1. The smallest absolute Gasteiger partial charge is 0.244 e. The van der Waals surface area contributed by atoms with Gasteiger partial charge in [0.25, 0.3) is 0 Å². The highest BCUT2D eigenvalue weighted by Crippen LogP contribution is 2.26. The molecule has 0 heterocycles. The number of benzene rings is 2. The number of ether oxygens (including phenoxy) is 1. The average molecular weight is 482 g/mol. The Morgan fingerprint density at radius 3 is 2.44 bits per heavy atom. The second-order valence-corrected chi connectivity index (χ2v) is 9.71. The third-order valence-corrected chi connectivity index (χ3v) is 6.37. The Balaban J connectivity index is 2.42. The number of carbonyl (C=O) groups excluding carboxylic acids is 2. The molecule has 8 nitrogen and oxygen atoms in total. The zero-order chi connectivity index (χ0) is 24.1. The monoisotopic (exact) mass is 481 g/mol. The molecule has 0 fully saturated rings. The van der Waals surface area contributed by atoms with Gasteiger partial charge in [0.15, 0.2) is 0 Å². The second-order valence-electron chi connectivity index (χ2n) is 7.36. The van der Waals surface area contributed by atoms with Gasteiger partial charge >= 0.3 is 0 Å². The highest BCUT2D eigenvalue weighted by atomic mass is 35.5. The van der Waals surface area contributed by atoms with Crippen molar-refractivity contribution in [2.45, 2.75) is 26.4 Å². The molecule has 0 spiro atoms. The third-order valence-electron chi connectivity index (χ3n) is 5.01. The van der Waals surface area contributed by atoms with Gasteiger partial charge in [0.2, 0.25) is 21.8 Å². The summed E-state index contributed by atoms with van der Waals surface area (Å²) in [6.45, 7) is 2.94. The van der Waals surface area contributed by atoms with E-state index in [4.69, 9.17) is 16.3 Å². The van der Waals surface area contributed by atoms with E-state index < -0.39 is 28.5 Å². The summed E-state index contributed by atoms with van der Waals surface area (Å²) in [7, 11) is -0.780. The Hall–Kier alpha value is -2.78. The number of likely N-dealkylation sites (N-methyl/N-ethyl adjacent to an activating group) is 1. The molecule has 10 heteroatoms. The summed E-state index contributed by atoms with van der Waals surface area (Å²) >= 11 is 6.00. The standard InChI is InChI=1S/C22H28ClN3O5S/c1-15-11-18(23)9-10-20(15)26(32(5,29)30)14-21(27)25(16(2)22(28)24-3)13-17-7-6-8-19(12-17)31-4/h6-12,16H,13-14H2,1-5H3,(H,24,28). The molecule has 0 radical (unpaired) electrons. The fourth-order valence-electron chi connectivity index (χ4n) is 3.25. The van der Waals surface area contributed by atoms with Crippen LogP contribution in [0, 0.1) is 6.92 Å². The molecule has 2 rings (SSSR count). The van der Waals surface area contributed by atoms with Crippen LogP contribution >= 0.6 is 11.6 Å². The molecule has 2 amide bonds. The van der Waals surface area contributed by atoms with Gasteiger partial charge in [-0.05, 0) is 55.3 Å². The first kappa shape index (κ1) is 25.5. The maximum absolute atomic E-state index is 13.4. The van der Waals surface area contributed by atoms with Crippen molar-refractivity contribution in [2.24, 2.45) is 0 Å². The van der Waals surface area contributed by atoms with Crippen molar-refractivity contribution in [1.29, 1.82) is 0 Å². The zero-order valence-corrected chi connectivity index (χ0v) is 20.3. The Kier molecular flexibility index (Phi) is 8.51. The van der Waals surface area contributed by atoms with E-state index in [2.05, 4.69) is 5.32 Å². The molecule has 0 bridgehead atoms. The minimum atomic E-state index is -3.79. The van der Waals surface area contributed by atoms with E-state index in [0.29, 0.717) is 22.0 Å². The number of aryl methyl sites for hydroxylation is 1. The topological polar surface area (TPSA) is 96.0 Å². The number of hydrogen-bond acceptors (Lipinski definition) is 5. The molecule has 0 aromatic heterocycles. The first-order valence-corrected chi connectivity index (χ1v) is 12.1. The van der Waals surface area contributed by atoms with Crippen LogP contribution in [0.1, 0.15) is 18.1 Å². The van der Waals surface area contributed by atoms with Gasteiger partial charge in [-0.1, -0.05) is 23.7 Å². The summed E-state index contributed by atoms with van der Waals surface area (Å²) in [4.78, 5) is 27.0. The van der Waals surface area contributed by atoms with Gasteiger partial charge in [-0.3, -0.25) is 13.9 Å². The van der Waals surface area contributed by atoms with Crippen LogP contribution in [-0.4, -0.2) is 58.1 Å². The fraction of sp³-hybridized carbons (Fsp3) is 0.364. The third kappa shape index (κ3) is 6.37. The van der Waals surface area contributed by atoms with Gasteiger partial charge in [-0.15, -0.1) is 0 Å². The summed E-state index contributed by atoms with van der Waals surface area (Å²) in [6, 6.07) is 11.0. The summed E-state index contributed by atoms with van der Waals surface area (Å²) in [5, 5.41) is 2.99. The highest BCUT2D eigenvalue weighted by Gasteiger charge is 2.30. The molecule has 1 unspecified atom stereocenters. The first-order chi connectivity index (χ1) is 15.0. The van der Waals surface area contributed by atoms with E-state index in [0.717, 1.165) is 16.1 Å². The quantitative estimate of drug-likeness (QED) is 0.594. The fourth-order valence-corrected chi connectivity index (χ4v) is 4.39. The van der Waals surface area contributed by atoms with Crippen LogP contribution in [0.5, 0.6) is 5.75 Å². The van der Waals surface area contributed by atoms with Crippen molar-refractivity contribution in [3.05, 3.63) is 58.6 Å². The summed E-state index contributed by atoms with van der Waals surface area (Å²) in [5.74, 6) is -0.282. The van der Waals surface area contributed by atoms with Crippen molar-refractivity contribution in [3.8, 4) is 5.75 Å². The van der Waals surface area contributed by atoms with Gasteiger partial charge in [-0.25, -0.2) is 8.42 Å². The molecule has 32 heavy (non-hydrogen) atoms. The number of rotatable bonds is 9. The van der Waals surface area contributed by atoms with E-state index in [9.17, 15) is 18.0 Å². The number of amides is 2. The lowest BCUT2D eigenvalue weighted by Gasteiger charge is -2.31. The molecule has 0 aliphatic heterocycles. The number of sulfonamides is 1. The molecule has 1 atom stereocenters. The first-order valence-electron chi connectivity index (χ1n) is 9.85. The van der Waals surface area contributed by atoms with Gasteiger partial charge in [-0.2, -0.15) is 0 Å². The Morgan fingerprint density at radius 1 is 1.19 bits per heavy atom. The molecular weight excluding hydrogens is 454 g/mol. The lowest BCUT2D eigenvalue weighted by molar-refractivity contribution is -0.139. The van der Waals surface area contributed by atoms with Gasteiger partial charge < -0.3 is 15.0 Å². The molecule has 0 aliphatic carbocycles. The Labute approximate surface area is 194 Å². The van der Waals surface area contributed by atoms with Crippen LogP contribution < -0.4 is 14.4 Å². The van der Waals surface area contributed by atoms with E-state index in [1.54, 1.807) is 56.3 Å². The van der Waals surface area contributed by atoms with Crippen molar-refractivity contribution >= 4 is 39.1 Å². The SMILES string of the molecule is CNC(=O)C(C)N(Cc1cccc(OC)c1)C(=O)CN(c1ccc(Cl)cc1C)S(C)(=O)=O. The maximum Gasteiger partial charge on any atom is 0.244 e. The molecule has 174 valence electrons. The average Bonchev–Trinajstić information content (AvgIpc) is 2.74. The molecule has 1 N–H and O–H groups in total. The lowest BCUT2D eigenvalue weighted by atomic mass is 10.1. The number of carbonyl (C=O) groups is 2. The number of nitrogens with zero attached hydrogens (tertiary/aromatic N) is 2. The minimum Gasteiger partial charge on any atom is -0.497 e. The van der Waals surface area contributed by atoms with Crippen LogP contribution in [0.15, 0.2) is 42.5 Å². The van der Waals surface area contributed by atoms with Crippen LogP contribution in [0.2, 0.25) is 5.02 Å². The van der Waals surface area contributed by atoms with Crippen LogP contribution in [-0.2, 0) is 26.2 Å². The minimum absolute atomic E-state index is 0.0990. The summed E-state index contributed by atoms with van der Waals surface area (Å²) < 4.78 is 31.4. The van der Waals surface area contributed by atoms with E-state index in [1.807, 2.05) is 0 Å². The van der Waals surface area contributed by atoms with Crippen molar-refractivity contribution < 1.29 is 22.7 Å². The lowest BCUT2D eigenvalue weighted by Crippen LogP contribution is -2.50. The highest BCUT2D eigenvalue weighted by molar-refractivity contribution is 7.92. The Bertz CT molecular complexity index is 1090. The molecule has 0 saturated carbocycles. The largest absolute Gasteiger partial charge is 0.497 e. The number of hydrogen-bond donors (Lipinski definition) is 1. The van der Waals surface area contributed by atoms with Gasteiger partial charge in [0.1, 0.15) is 18.3 Å². The van der Waals surface area contributed by atoms with Crippen molar-refractivity contribution in [1.82, 2.24) is 10.2 Å². The molecule has 2 aromatic carbocycles. The van der Waals surface area contributed by atoms with E-state index in [-0.39, 0.29) is 12.5 Å². The normalized spacial score (nSPS) is 12.1. The number of anilines is 1. The predicted octanol–water partition coefficient (Wildman–Crippen LogP) is 2.59. The van der Waals surface area contributed by atoms with E-state index >= 15 is 0 Å². The van der Waals surface area contributed by atoms with Crippen molar-refractivity contribution in [2.75, 3.05) is 31.3 Å². The molecule has 0 aliphatic rings. The maximum atomic E-state index is 13.4. The number of halogens is 1. The van der Waals surface area contributed by atoms with Crippen molar-refractivity contribution in [3.63, 3.8) is 0 Å². The van der Waals surface area contributed by atoms with Crippen LogP contribution in [0.25, 0.3) is 0 Å². The second kappa shape index (κ2) is 10.7. The summed E-state index contributed by atoms with van der Waals surface area (Å²) in [5.41, 5.74) is 1.69. The number of nitrogens with one attached hydrogen (secondary N) is 1. The molecular formula is C22H28ClN3O5S. The van der Waals surface area contributed by atoms with E-state index in [1.165, 1.54) is 19.1 Å². The summed E-state index contributed by atoms with van der Waals surface area (Å²) in [6.07, 6.45) is 1.03. The van der Waals surface area contributed by atoms with Crippen LogP contribution in [0.3, 0.4) is 0 Å². The molecule has 2 aromatic rings. The Morgan fingerprint density at radius 2 is 1.88 bits per heavy atom. The predicted molar refractivity (Wildman–Crippen MR) is 125 cm³/mol. The van der Waals surface area contributed by atoms with Crippen LogP contribution in [0.4, 0.5) is 5.69 Å². The zero-order valence-electron chi connectivity index (χ0n) is 18.8. The molecule has 0 saturated heterocycles.